The predicted molar refractivity (Wildman–Crippen MR) is 135 cm³/mol. The van der Waals surface area contributed by atoms with Gasteiger partial charge in [0.05, 0.1) is 21.3 Å². The molecule has 2 aromatic heterocycles. The van der Waals surface area contributed by atoms with Crippen molar-refractivity contribution < 1.29 is 4.79 Å². The topological polar surface area (TPSA) is 62.2 Å². The first-order valence-corrected chi connectivity index (χ1v) is 11.4. The van der Waals surface area contributed by atoms with Crippen LogP contribution in [0.1, 0.15) is 35.3 Å². The van der Waals surface area contributed by atoms with Crippen molar-refractivity contribution in [3.63, 3.8) is 0 Å². The molecule has 0 bridgehead atoms. The van der Waals surface area contributed by atoms with Gasteiger partial charge in [-0.1, -0.05) is 31.3 Å². The Balaban J connectivity index is 0.00000289. The van der Waals surface area contributed by atoms with Crippen molar-refractivity contribution in [2.24, 2.45) is 0 Å². The first kappa shape index (κ1) is 24.0. The molecule has 1 amide bonds. The van der Waals surface area contributed by atoms with E-state index in [4.69, 9.17) is 4.98 Å². The summed E-state index contributed by atoms with van der Waals surface area (Å²) in [6.07, 6.45) is 3.30. The van der Waals surface area contributed by atoms with Gasteiger partial charge in [-0.05, 0) is 62.3 Å². The number of carbonyl (C=O) groups is 1. The highest BCUT2D eigenvalue weighted by molar-refractivity contribution is 7.22. The van der Waals surface area contributed by atoms with Gasteiger partial charge in [-0.25, -0.2) is 4.98 Å². The smallest absolute Gasteiger partial charge is 0.260 e. The molecule has 0 N–H and O–H groups in total. The van der Waals surface area contributed by atoms with Crippen molar-refractivity contribution in [3.05, 3.63) is 59.4 Å². The second-order valence-electron chi connectivity index (χ2n) is 7.67. The van der Waals surface area contributed by atoms with Crippen molar-refractivity contribution in [2.45, 2.75) is 27.7 Å². The Morgan fingerprint density at radius 3 is 2.38 bits per heavy atom. The summed E-state index contributed by atoms with van der Waals surface area (Å²) in [5.74, 6) is -0.0619. The van der Waals surface area contributed by atoms with Crippen LogP contribution in [0.4, 0.5) is 5.13 Å². The first-order valence-electron chi connectivity index (χ1n) is 10.6. The summed E-state index contributed by atoms with van der Waals surface area (Å²) in [7, 11) is 0. The lowest BCUT2D eigenvalue weighted by Gasteiger charge is -2.24. The van der Waals surface area contributed by atoms with E-state index in [9.17, 15) is 4.79 Å². The highest BCUT2D eigenvalue weighted by atomic mass is 35.5. The Hall–Kier alpha value is -2.61. The van der Waals surface area contributed by atoms with Crippen molar-refractivity contribution in [1.82, 2.24) is 19.9 Å². The van der Waals surface area contributed by atoms with Crippen molar-refractivity contribution >= 4 is 56.0 Å². The molecule has 0 fully saturated rings. The third-order valence-electron chi connectivity index (χ3n) is 5.54. The third-order valence-corrected chi connectivity index (χ3v) is 6.76. The monoisotopic (exact) mass is 469 g/mol. The van der Waals surface area contributed by atoms with E-state index in [1.54, 1.807) is 23.7 Å². The van der Waals surface area contributed by atoms with Crippen LogP contribution >= 0.6 is 23.7 Å². The van der Waals surface area contributed by atoms with E-state index in [0.29, 0.717) is 17.6 Å². The lowest BCUT2D eigenvalue weighted by molar-refractivity contribution is 0.0984. The average Bonchev–Trinajstić information content (AvgIpc) is 3.20. The summed E-state index contributed by atoms with van der Waals surface area (Å²) in [5.41, 5.74) is 5.40. The first-order chi connectivity index (χ1) is 15.0. The van der Waals surface area contributed by atoms with E-state index in [0.717, 1.165) is 40.5 Å². The number of amides is 1. The van der Waals surface area contributed by atoms with Gasteiger partial charge < -0.3 is 4.90 Å². The Morgan fingerprint density at radius 1 is 0.938 bits per heavy atom. The van der Waals surface area contributed by atoms with Crippen LogP contribution in [-0.4, -0.2) is 51.9 Å². The molecular formula is C24H28ClN5OS. The fraction of sp³-hybridized carbons (Fsp3) is 0.333. The molecule has 4 rings (SSSR count). The van der Waals surface area contributed by atoms with Crippen LogP contribution in [0.15, 0.2) is 42.7 Å². The van der Waals surface area contributed by atoms with E-state index in [-0.39, 0.29) is 18.3 Å². The van der Waals surface area contributed by atoms with Crippen LogP contribution < -0.4 is 4.90 Å². The van der Waals surface area contributed by atoms with Crippen LogP contribution in [0, 0.1) is 13.8 Å². The zero-order valence-electron chi connectivity index (χ0n) is 18.8. The number of hydrogen-bond acceptors (Lipinski definition) is 6. The summed E-state index contributed by atoms with van der Waals surface area (Å²) < 4.78 is 1.13. The van der Waals surface area contributed by atoms with Gasteiger partial charge in [-0.3, -0.25) is 19.7 Å². The number of thiazole rings is 1. The number of benzene rings is 2. The molecule has 0 aliphatic rings. The molecule has 0 aliphatic heterocycles. The Morgan fingerprint density at radius 2 is 1.66 bits per heavy atom. The lowest BCUT2D eigenvalue weighted by atomic mass is 10.1. The molecule has 0 unspecified atom stereocenters. The summed E-state index contributed by atoms with van der Waals surface area (Å²) in [6.45, 7) is 11.7. The van der Waals surface area contributed by atoms with Crippen LogP contribution in [-0.2, 0) is 0 Å². The molecule has 2 heterocycles. The molecule has 0 atom stereocenters. The highest BCUT2D eigenvalue weighted by Gasteiger charge is 2.23. The number of carbonyl (C=O) groups excluding carboxylic acids is 1. The molecule has 0 radical (unpaired) electrons. The van der Waals surface area contributed by atoms with Gasteiger partial charge in [0.25, 0.3) is 5.91 Å². The number of fused-ring (bicyclic) bond motifs is 2. The van der Waals surface area contributed by atoms with E-state index < -0.39 is 0 Å². The van der Waals surface area contributed by atoms with E-state index in [1.807, 2.05) is 23.1 Å². The molecule has 0 aliphatic carbocycles. The number of hydrogen-bond donors (Lipinski definition) is 0. The fourth-order valence-electron chi connectivity index (χ4n) is 3.80. The molecule has 0 saturated carbocycles. The zero-order chi connectivity index (χ0) is 22.0. The number of aromatic nitrogens is 3. The van der Waals surface area contributed by atoms with Crippen molar-refractivity contribution in [2.75, 3.05) is 31.1 Å². The highest BCUT2D eigenvalue weighted by Crippen LogP contribution is 2.33. The van der Waals surface area contributed by atoms with Gasteiger partial charge >= 0.3 is 0 Å². The summed E-state index contributed by atoms with van der Waals surface area (Å²) in [4.78, 5) is 31.3. The zero-order valence-corrected chi connectivity index (χ0v) is 20.5. The van der Waals surface area contributed by atoms with Crippen LogP contribution in [0.5, 0.6) is 0 Å². The second-order valence-corrected chi connectivity index (χ2v) is 8.65. The number of halogens is 1. The molecule has 4 aromatic rings. The summed E-state index contributed by atoms with van der Waals surface area (Å²) in [6, 6.07) is 9.74. The van der Waals surface area contributed by atoms with Gasteiger partial charge in [0, 0.05) is 31.0 Å². The van der Waals surface area contributed by atoms with Crippen molar-refractivity contribution in [3.8, 4) is 0 Å². The van der Waals surface area contributed by atoms with Gasteiger partial charge in [0.1, 0.15) is 0 Å². The molecule has 8 heteroatoms. The maximum atomic E-state index is 13.6. The quantitative estimate of drug-likeness (QED) is 0.369. The standard InChI is InChI=1S/C24H27N5OS.ClH/c1-5-28(6-2)11-12-29(24-27-21-14-16(3)13-17(4)22(21)31-24)23(30)18-7-8-19-20(15-18)26-10-9-25-19;/h7-10,13-15H,5-6,11-12H2,1-4H3;1H. The molecule has 6 nitrogen and oxygen atoms in total. The van der Waals surface area contributed by atoms with Crippen molar-refractivity contribution in [1.29, 1.82) is 0 Å². The number of anilines is 1. The molecule has 32 heavy (non-hydrogen) atoms. The number of nitrogens with zero attached hydrogens (tertiary/aromatic N) is 5. The van der Waals surface area contributed by atoms with Gasteiger partial charge in [0.2, 0.25) is 0 Å². The largest absolute Gasteiger partial charge is 0.302 e. The Labute approximate surface area is 198 Å². The lowest BCUT2D eigenvalue weighted by Crippen LogP contribution is -2.38. The second kappa shape index (κ2) is 10.3. The van der Waals surface area contributed by atoms with Crippen LogP contribution in [0.25, 0.3) is 21.3 Å². The Bertz CT molecular complexity index is 1240. The Kier molecular flexibility index (Phi) is 7.77. The molecule has 168 valence electrons. The maximum absolute atomic E-state index is 13.6. The maximum Gasteiger partial charge on any atom is 0.260 e. The van der Waals surface area contributed by atoms with Gasteiger partial charge in [-0.2, -0.15) is 0 Å². The minimum atomic E-state index is -0.0619. The van der Waals surface area contributed by atoms with E-state index >= 15 is 0 Å². The normalized spacial score (nSPS) is 11.2. The predicted octanol–water partition coefficient (Wildman–Crippen LogP) is 5.27. The number of aryl methyl sites for hydroxylation is 2. The SMILES string of the molecule is CCN(CC)CCN(C(=O)c1ccc2nccnc2c1)c1nc2cc(C)cc(C)c2s1.Cl. The molecular weight excluding hydrogens is 442 g/mol. The summed E-state index contributed by atoms with van der Waals surface area (Å²) >= 11 is 1.58. The number of likely N-dealkylation sites (N-methyl/N-ethyl adjacent to an activating group) is 1. The van der Waals surface area contributed by atoms with Crippen LogP contribution in [0.3, 0.4) is 0 Å². The molecule has 0 spiro atoms. The molecule has 0 saturated heterocycles. The van der Waals surface area contributed by atoms with Gasteiger partial charge in [-0.15, -0.1) is 12.4 Å². The van der Waals surface area contributed by atoms with E-state index in [1.165, 1.54) is 11.1 Å². The minimum Gasteiger partial charge on any atom is -0.302 e. The third kappa shape index (κ3) is 4.90. The summed E-state index contributed by atoms with van der Waals surface area (Å²) in [5, 5.41) is 0.736. The molecule has 2 aromatic carbocycles. The minimum absolute atomic E-state index is 0. The average molecular weight is 470 g/mol. The van der Waals surface area contributed by atoms with E-state index in [2.05, 4.69) is 54.7 Å². The van der Waals surface area contributed by atoms with Crippen LogP contribution in [0.2, 0.25) is 0 Å². The fourth-order valence-corrected chi connectivity index (χ4v) is 4.84. The van der Waals surface area contributed by atoms with Gasteiger partial charge in [0.15, 0.2) is 5.13 Å². The number of rotatable bonds is 7.